The Morgan fingerprint density at radius 3 is 2.29 bits per heavy atom. The van der Waals surface area contributed by atoms with Crippen molar-refractivity contribution in [2.45, 2.75) is 6.18 Å². The second-order valence-corrected chi connectivity index (χ2v) is 6.32. The van der Waals surface area contributed by atoms with E-state index in [-0.39, 0.29) is 37.8 Å². The third kappa shape index (κ3) is 3.85. The molecule has 0 aromatic heterocycles. The van der Waals surface area contributed by atoms with Crippen LogP contribution in [-0.4, -0.2) is 41.9 Å². The lowest BCUT2D eigenvalue weighted by atomic mass is 10.1. The first-order chi connectivity index (χ1) is 13.2. The number of nitrogens with two attached hydrogens (primary N) is 1. The van der Waals surface area contributed by atoms with Crippen molar-refractivity contribution in [2.75, 3.05) is 36.8 Å². The number of nitrogen functional groups attached to an aromatic ring is 1. The first-order valence-electron chi connectivity index (χ1n) is 8.43. The molecule has 1 amide bonds. The van der Waals surface area contributed by atoms with Gasteiger partial charge in [0.1, 0.15) is 5.69 Å². The molecule has 28 heavy (non-hydrogen) atoms. The molecule has 1 aliphatic rings. The number of nitro benzene ring substituents is 1. The number of hydrogen-bond donors (Lipinski definition) is 1. The first-order valence-corrected chi connectivity index (χ1v) is 8.43. The zero-order valence-electron chi connectivity index (χ0n) is 14.6. The summed E-state index contributed by atoms with van der Waals surface area (Å²) in [6, 6.07) is 9.12. The number of nitro groups is 1. The van der Waals surface area contributed by atoms with Gasteiger partial charge in [-0.1, -0.05) is 12.1 Å². The Balaban J connectivity index is 1.77. The number of anilines is 2. The van der Waals surface area contributed by atoms with Crippen LogP contribution >= 0.6 is 0 Å². The normalized spacial score (nSPS) is 14.8. The summed E-state index contributed by atoms with van der Waals surface area (Å²) in [4.78, 5) is 26.2. The van der Waals surface area contributed by atoms with Gasteiger partial charge in [0, 0.05) is 37.9 Å². The Labute approximate surface area is 158 Å². The van der Waals surface area contributed by atoms with E-state index in [0.29, 0.717) is 17.3 Å². The number of rotatable bonds is 3. The Kier molecular flexibility index (Phi) is 5.12. The molecule has 2 N–H and O–H groups in total. The van der Waals surface area contributed by atoms with Crippen LogP contribution in [0, 0.1) is 10.1 Å². The summed E-state index contributed by atoms with van der Waals surface area (Å²) >= 11 is 0. The summed E-state index contributed by atoms with van der Waals surface area (Å²) in [6.07, 6.45) is -4.66. The number of halogens is 3. The van der Waals surface area contributed by atoms with Crippen LogP contribution in [0.3, 0.4) is 0 Å². The molecule has 3 rings (SSSR count). The Morgan fingerprint density at radius 2 is 1.71 bits per heavy atom. The van der Waals surface area contributed by atoms with Gasteiger partial charge < -0.3 is 15.5 Å². The Morgan fingerprint density at radius 1 is 1.07 bits per heavy atom. The number of carbonyl (C=O) groups excluding carboxylic acids is 1. The van der Waals surface area contributed by atoms with E-state index < -0.39 is 22.4 Å². The smallest absolute Gasteiger partial charge is 0.398 e. The number of benzene rings is 2. The zero-order chi connectivity index (χ0) is 20.5. The number of piperazine rings is 1. The van der Waals surface area contributed by atoms with Crippen molar-refractivity contribution in [1.82, 2.24) is 4.90 Å². The standard InChI is InChI=1S/C18H17F3N4O3/c19-18(20,21)12-5-6-15(16(11-12)25(27)28)23-7-9-24(10-8-23)17(26)13-3-1-2-4-14(13)22/h1-6,11H,7-10,22H2. The second-order valence-electron chi connectivity index (χ2n) is 6.32. The van der Waals surface area contributed by atoms with Gasteiger partial charge >= 0.3 is 6.18 Å². The topological polar surface area (TPSA) is 92.7 Å². The van der Waals surface area contributed by atoms with Crippen molar-refractivity contribution in [2.24, 2.45) is 0 Å². The van der Waals surface area contributed by atoms with Gasteiger partial charge in [0.05, 0.1) is 16.1 Å². The van der Waals surface area contributed by atoms with Crippen LogP contribution in [0.15, 0.2) is 42.5 Å². The van der Waals surface area contributed by atoms with E-state index in [4.69, 9.17) is 5.73 Å². The van der Waals surface area contributed by atoms with Crippen molar-refractivity contribution in [1.29, 1.82) is 0 Å². The maximum atomic E-state index is 12.8. The third-order valence-electron chi connectivity index (χ3n) is 4.60. The highest BCUT2D eigenvalue weighted by atomic mass is 19.4. The number of para-hydroxylation sites is 1. The van der Waals surface area contributed by atoms with Crippen molar-refractivity contribution in [3.8, 4) is 0 Å². The van der Waals surface area contributed by atoms with Crippen LogP contribution in [0.5, 0.6) is 0 Å². The molecular formula is C18H17F3N4O3. The lowest BCUT2D eigenvalue weighted by molar-refractivity contribution is -0.384. The molecule has 1 aliphatic heterocycles. The lowest BCUT2D eigenvalue weighted by Gasteiger charge is -2.36. The van der Waals surface area contributed by atoms with Crippen molar-refractivity contribution in [3.63, 3.8) is 0 Å². The number of amides is 1. The van der Waals surface area contributed by atoms with Gasteiger partial charge in [-0.25, -0.2) is 0 Å². The molecule has 10 heteroatoms. The highest BCUT2D eigenvalue weighted by molar-refractivity contribution is 5.99. The molecule has 0 aliphatic carbocycles. The third-order valence-corrected chi connectivity index (χ3v) is 4.60. The van der Waals surface area contributed by atoms with Crippen LogP contribution in [0.1, 0.15) is 15.9 Å². The average Bonchev–Trinajstić information content (AvgIpc) is 2.67. The van der Waals surface area contributed by atoms with Crippen LogP contribution < -0.4 is 10.6 Å². The van der Waals surface area contributed by atoms with E-state index >= 15 is 0 Å². The van der Waals surface area contributed by atoms with Crippen LogP contribution in [0.4, 0.5) is 30.2 Å². The van der Waals surface area contributed by atoms with E-state index in [1.165, 1.54) is 0 Å². The number of nitrogens with zero attached hydrogens (tertiary/aromatic N) is 3. The Hall–Kier alpha value is -3.30. The fourth-order valence-corrected chi connectivity index (χ4v) is 3.13. The lowest BCUT2D eigenvalue weighted by Crippen LogP contribution is -2.49. The van der Waals surface area contributed by atoms with Crippen molar-refractivity contribution >= 4 is 23.0 Å². The minimum absolute atomic E-state index is 0.101. The molecule has 148 valence electrons. The van der Waals surface area contributed by atoms with Gasteiger partial charge in [-0.2, -0.15) is 13.2 Å². The fourth-order valence-electron chi connectivity index (χ4n) is 3.13. The summed E-state index contributed by atoms with van der Waals surface area (Å²) in [7, 11) is 0. The summed E-state index contributed by atoms with van der Waals surface area (Å²) in [5, 5.41) is 11.3. The summed E-state index contributed by atoms with van der Waals surface area (Å²) in [5.41, 5.74) is 4.97. The first kappa shape index (κ1) is 19.5. The molecule has 0 unspecified atom stereocenters. The SMILES string of the molecule is Nc1ccccc1C(=O)N1CCN(c2ccc(C(F)(F)F)cc2[N+](=O)[O-])CC1. The average molecular weight is 394 g/mol. The van der Waals surface area contributed by atoms with Crippen molar-refractivity contribution in [3.05, 3.63) is 63.7 Å². The van der Waals surface area contributed by atoms with E-state index in [1.54, 1.807) is 34.1 Å². The Bertz CT molecular complexity index is 909. The number of carbonyl (C=O) groups is 1. The molecule has 2 aromatic rings. The highest BCUT2D eigenvalue weighted by Gasteiger charge is 2.34. The quantitative estimate of drug-likeness (QED) is 0.490. The highest BCUT2D eigenvalue weighted by Crippen LogP contribution is 2.36. The molecule has 1 fully saturated rings. The van der Waals surface area contributed by atoms with E-state index in [0.717, 1.165) is 12.1 Å². The van der Waals surface area contributed by atoms with Crippen LogP contribution in [-0.2, 0) is 6.18 Å². The number of alkyl halides is 3. The fraction of sp³-hybridized carbons (Fsp3) is 0.278. The van der Waals surface area contributed by atoms with Gasteiger partial charge in [-0.3, -0.25) is 14.9 Å². The maximum Gasteiger partial charge on any atom is 0.416 e. The molecule has 0 spiro atoms. The molecule has 0 atom stereocenters. The summed E-state index contributed by atoms with van der Waals surface area (Å²) in [6.45, 7) is 1.05. The van der Waals surface area contributed by atoms with Gasteiger partial charge in [0.2, 0.25) is 0 Å². The summed E-state index contributed by atoms with van der Waals surface area (Å²) < 4.78 is 38.5. The van der Waals surface area contributed by atoms with Gasteiger partial charge in [0.25, 0.3) is 11.6 Å². The van der Waals surface area contributed by atoms with Crippen molar-refractivity contribution < 1.29 is 22.9 Å². The van der Waals surface area contributed by atoms with E-state index in [2.05, 4.69) is 0 Å². The van der Waals surface area contributed by atoms with E-state index in [9.17, 15) is 28.1 Å². The minimum atomic E-state index is -4.66. The predicted octanol–water partition coefficient (Wildman–Crippen LogP) is 3.16. The van der Waals surface area contributed by atoms with Gasteiger partial charge in [-0.05, 0) is 24.3 Å². The molecule has 7 nitrogen and oxygen atoms in total. The largest absolute Gasteiger partial charge is 0.416 e. The molecule has 0 saturated carbocycles. The zero-order valence-corrected chi connectivity index (χ0v) is 14.6. The van der Waals surface area contributed by atoms with E-state index in [1.807, 2.05) is 0 Å². The monoisotopic (exact) mass is 394 g/mol. The molecule has 0 bridgehead atoms. The molecule has 1 heterocycles. The second kappa shape index (κ2) is 7.37. The van der Waals surface area contributed by atoms with Gasteiger partial charge in [-0.15, -0.1) is 0 Å². The molecular weight excluding hydrogens is 377 g/mol. The number of hydrogen-bond acceptors (Lipinski definition) is 5. The predicted molar refractivity (Wildman–Crippen MR) is 97.1 cm³/mol. The minimum Gasteiger partial charge on any atom is -0.398 e. The van der Waals surface area contributed by atoms with Crippen LogP contribution in [0.25, 0.3) is 0 Å². The van der Waals surface area contributed by atoms with Crippen LogP contribution in [0.2, 0.25) is 0 Å². The van der Waals surface area contributed by atoms with Gasteiger partial charge in [0.15, 0.2) is 0 Å². The molecule has 0 radical (unpaired) electrons. The summed E-state index contributed by atoms with van der Waals surface area (Å²) in [5.74, 6) is -0.250. The molecule has 2 aromatic carbocycles. The maximum absolute atomic E-state index is 12.8. The molecule has 1 saturated heterocycles.